The third kappa shape index (κ3) is 3.80. The van der Waals surface area contributed by atoms with Crippen LogP contribution in [0.25, 0.3) is 11.1 Å². The molecule has 0 radical (unpaired) electrons. The molecule has 3 aliphatic heterocycles. The second kappa shape index (κ2) is 7.85. The number of anilines is 1. The number of morpholine rings is 1. The first-order valence-corrected chi connectivity index (χ1v) is 11.9. The number of carbonyl (C=O) groups is 1. The number of amides is 1. The number of fused-ring (bicyclic) bond motifs is 1. The molecule has 0 unspecified atom stereocenters. The lowest BCUT2D eigenvalue weighted by molar-refractivity contribution is -0.172. The number of hydrogen-bond donors (Lipinski definition) is 1. The van der Waals surface area contributed by atoms with Gasteiger partial charge in [-0.05, 0) is 60.9 Å². The molecule has 4 aliphatic rings. The second-order valence-electron chi connectivity index (χ2n) is 9.86. The molecule has 32 heavy (non-hydrogen) atoms. The van der Waals surface area contributed by atoms with Gasteiger partial charge in [0.25, 0.3) is 0 Å². The minimum atomic E-state index is -0.211. The Bertz CT molecular complexity index is 1040. The van der Waals surface area contributed by atoms with Gasteiger partial charge in [-0.1, -0.05) is 24.3 Å². The van der Waals surface area contributed by atoms with Crippen LogP contribution in [0.1, 0.15) is 36.8 Å². The summed E-state index contributed by atoms with van der Waals surface area (Å²) in [4.78, 5) is 16.5. The molecule has 1 aliphatic carbocycles. The molecule has 0 aromatic heterocycles. The van der Waals surface area contributed by atoms with E-state index in [1.807, 2.05) is 17.0 Å². The highest BCUT2D eigenvalue weighted by atomic mass is 19.1. The molecule has 6 rings (SSSR count). The maximum absolute atomic E-state index is 15.0. The van der Waals surface area contributed by atoms with Gasteiger partial charge < -0.3 is 15.0 Å². The highest BCUT2D eigenvalue weighted by molar-refractivity contribution is 5.79. The molecule has 2 saturated heterocycles. The average Bonchev–Trinajstić information content (AvgIpc) is 3.55. The standard InChI is InChI=1S/C26H30FN3O2/c27-23-13-19(20-2-1-18-7-10-28-24(18)14-20)3-4-21(23)15-29-11-8-26(9-12-29)17-30(22-5-6-22)25(31)16-32-26/h1-4,13-14,22,28H,5-12,15-17H2. The van der Waals surface area contributed by atoms with Gasteiger partial charge in [-0.25, -0.2) is 4.39 Å². The van der Waals surface area contributed by atoms with Crippen LogP contribution in [-0.4, -0.2) is 60.1 Å². The van der Waals surface area contributed by atoms with Gasteiger partial charge in [0.15, 0.2) is 0 Å². The highest BCUT2D eigenvalue weighted by Crippen LogP contribution is 2.37. The van der Waals surface area contributed by atoms with Gasteiger partial charge in [-0.2, -0.15) is 0 Å². The van der Waals surface area contributed by atoms with E-state index in [0.29, 0.717) is 12.6 Å². The molecule has 1 N–H and O–H groups in total. The average molecular weight is 436 g/mol. The zero-order chi connectivity index (χ0) is 21.7. The van der Waals surface area contributed by atoms with Gasteiger partial charge in [-0.3, -0.25) is 9.69 Å². The number of nitrogens with zero attached hydrogens (tertiary/aromatic N) is 2. The molecule has 0 bridgehead atoms. The summed E-state index contributed by atoms with van der Waals surface area (Å²) in [6.07, 6.45) is 5.10. The van der Waals surface area contributed by atoms with Crippen LogP contribution < -0.4 is 5.32 Å². The fourth-order valence-corrected chi connectivity index (χ4v) is 5.45. The first-order valence-electron chi connectivity index (χ1n) is 11.9. The summed E-state index contributed by atoms with van der Waals surface area (Å²) >= 11 is 0. The molecule has 0 atom stereocenters. The van der Waals surface area contributed by atoms with Crippen LogP contribution in [-0.2, 0) is 22.5 Å². The van der Waals surface area contributed by atoms with Crippen LogP contribution in [0.3, 0.4) is 0 Å². The van der Waals surface area contributed by atoms with Crippen LogP contribution >= 0.6 is 0 Å². The van der Waals surface area contributed by atoms with E-state index >= 15 is 0 Å². The van der Waals surface area contributed by atoms with Crippen molar-refractivity contribution < 1.29 is 13.9 Å². The Hall–Kier alpha value is -2.44. The predicted octanol–water partition coefficient (Wildman–Crippen LogP) is 3.82. The first-order chi connectivity index (χ1) is 15.6. The van der Waals surface area contributed by atoms with Gasteiger partial charge in [0.1, 0.15) is 12.4 Å². The van der Waals surface area contributed by atoms with Crippen LogP contribution in [0.2, 0.25) is 0 Å². The summed E-state index contributed by atoms with van der Waals surface area (Å²) < 4.78 is 21.0. The van der Waals surface area contributed by atoms with E-state index in [1.165, 1.54) is 11.3 Å². The molecule has 168 valence electrons. The zero-order valence-electron chi connectivity index (χ0n) is 18.4. The number of halogens is 1. The fraction of sp³-hybridized carbons (Fsp3) is 0.500. The third-order valence-corrected chi connectivity index (χ3v) is 7.64. The molecule has 5 nitrogen and oxygen atoms in total. The Morgan fingerprint density at radius 3 is 2.66 bits per heavy atom. The topological polar surface area (TPSA) is 44.8 Å². The van der Waals surface area contributed by atoms with E-state index < -0.39 is 0 Å². The van der Waals surface area contributed by atoms with Crippen molar-refractivity contribution in [2.24, 2.45) is 0 Å². The van der Waals surface area contributed by atoms with Crippen LogP contribution in [0.4, 0.5) is 10.1 Å². The van der Waals surface area contributed by atoms with Crippen molar-refractivity contribution >= 4 is 11.6 Å². The lowest BCUT2D eigenvalue weighted by atomic mass is 9.89. The van der Waals surface area contributed by atoms with Gasteiger partial charge in [0.05, 0.1) is 12.1 Å². The highest BCUT2D eigenvalue weighted by Gasteiger charge is 2.46. The van der Waals surface area contributed by atoms with Crippen molar-refractivity contribution in [3.05, 3.63) is 53.3 Å². The molecule has 3 fully saturated rings. The van der Waals surface area contributed by atoms with Gasteiger partial charge in [0, 0.05) is 43.5 Å². The molecule has 1 amide bonds. The molecule has 3 heterocycles. The summed E-state index contributed by atoms with van der Waals surface area (Å²) in [5.74, 6) is -0.00228. The normalized spacial score (nSPS) is 22.8. The number of ether oxygens (including phenoxy) is 1. The molecule has 1 spiro atoms. The quantitative estimate of drug-likeness (QED) is 0.793. The number of likely N-dealkylation sites (tertiary alicyclic amines) is 1. The van der Waals surface area contributed by atoms with E-state index in [2.05, 4.69) is 28.4 Å². The zero-order valence-corrected chi connectivity index (χ0v) is 18.4. The Morgan fingerprint density at radius 2 is 1.88 bits per heavy atom. The summed E-state index contributed by atoms with van der Waals surface area (Å²) in [5.41, 5.74) is 5.00. The summed E-state index contributed by atoms with van der Waals surface area (Å²) in [6.45, 7) is 4.25. The number of hydrogen-bond acceptors (Lipinski definition) is 4. The van der Waals surface area contributed by atoms with Gasteiger partial charge >= 0.3 is 0 Å². The minimum Gasteiger partial charge on any atom is -0.384 e. The van der Waals surface area contributed by atoms with Crippen molar-refractivity contribution in [3.63, 3.8) is 0 Å². The Kier molecular flexibility index (Phi) is 4.95. The summed E-state index contributed by atoms with van der Waals surface area (Å²) in [6, 6.07) is 12.4. The van der Waals surface area contributed by atoms with E-state index in [0.717, 1.165) is 75.0 Å². The number of carbonyl (C=O) groups excluding carboxylic acids is 1. The monoisotopic (exact) mass is 435 g/mol. The number of benzene rings is 2. The number of nitrogens with one attached hydrogen (secondary N) is 1. The Labute approximate surface area is 188 Å². The first kappa shape index (κ1) is 20.2. The van der Waals surface area contributed by atoms with Crippen molar-refractivity contribution in [1.29, 1.82) is 0 Å². The largest absolute Gasteiger partial charge is 0.384 e. The maximum Gasteiger partial charge on any atom is 0.248 e. The van der Waals surface area contributed by atoms with Crippen LogP contribution in [0.15, 0.2) is 36.4 Å². The number of rotatable bonds is 4. The van der Waals surface area contributed by atoms with E-state index in [9.17, 15) is 9.18 Å². The molecule has 1 saturated carbocycles. The van der Waals surface area contributed by atoms with Crippen molar-refractivity contribution in [2.45, 2.75) is 50.3 Å². The lowest BCUT2D eigenvalue weighted by Crippen LogP contribution is -2.59. The molecular weight excluding hydrogens is 405 g/mol. The molecular formula is C26H30FN3O2. The SMILES string of the molecule is O=C1COC2(CCN(Cc3ccc(-c4ccc5c(c4)NCC5)cc3F)CC2)CN1C1CC1. The summed E-state index contributed by atoms with van der Waals surface area (Å²) in [5, 5.41) is 3.40. The van der Waals surface area contributed by atoms with Gasteiger partial charge in [0.2, 0.25) is 5.91 Å². The summed E-state index contributed by atoms with van der Waals surface area (Å²) in [7, 11) is 0. The van der Waals surface area contributed by atoms with Crippen molar-refractivity contribution in [1.82, 2.24) is 9.80 Å². The second-order valence-corrected chi connectivity index (χ2v) is 9.86. The molecule has 2 aromatic rings. The van der Waals surface area contributed by atoms with E-state index in [4.69, 9.17) is 4.74 Å². The van der Waals surface area contributed by atoms with E-state index in [1.54, 1.807) is 6.07 Å². The Morgan fingerprint density at radius 1 is 1.09 bits per heavy atom. The van der Waals surface area contributed by atoms with E-state index in [-0.39, 0.29) is 23.9 Å². The number of piperidine rings is 1. The Balaban J connectivity index is 1.10. The predicted molar refractivity (Wildman–Crippen MR) is 122 cm³/mol. The molecule has 6 heteroatoms. The van der Waals surface area contributed by atoms with Crippen LogP contribution in [0, 0.1) is 5.82 Å². The molecule has 2 aromatic carbocycles. The lowest BCUT2D eigenvalue weighted by Gasteiger charge is -2.47. The van der Waals surface area contributed by atoms with Crippen molar-refractivity contribution in [3.8, 4) is 11.1 Å². The smallest absolute Gasteiger partial charge is 0.248 e. The van der Waals surface area contributed by atoms with Crippen molar-refractivity contribution in [2.75, 3.05) is 38.1 Å². The maximum atomic E-state index is 15.0. The van der Waals surface area contributed by atoms with Gasteiger partial charge in [-0.15, -0.1) is 0 Å². The minimum absolute atomic E-state index is 0.141. The third-order valence-electron chi connectivity index (χ3n) is 7.64. The van der Waals surface area contributed by atoms with Crippen LogP contribution in [0.5, 0.6) is 0 Å². The fourth-order valence-electron chi connectivity index (χ4n) is 5.45.